The summed E-state index contributed by atoms with van der Waals surface area (Å²) in [5, 5.41) is 0. The zero-order valence-corrected chi connectivity index (χ0v) is 10.4. The molecular weight excluding hydrogens is 204 g/mol. The minimum Gasteiger partial charge on any atom is -0.343 e. The number of rotatable bonds is 5. The highest BCUT2D eigenvalue weighted by Gasteiger charge is 2.18. The van der Waals surface area contributed by atoms with E-state index in [0.29, 0.717) is 13.0 Å². The third-order valence-corrected chi connectivity index (χ3v) is 2.99. The molecule has 16 heavy (non-hydrogen) atoms. The van der Waals surface area contributed by atoms with Crippen molar-refractivity contribution in [1.82, 2.24) is 9.80 Å². The van der Waals surface area contributed by atoms with Gasteiger partial charge in [0.25, 0.3) is 0 Å². The van der Waals surface area contributed by atoms with Gasteiger partial charge in [0.1, 0.15) is 0 Å². The Morgan fingerprint density at radius 2 is 1.81 bits per heavy atom. The number of carbonyl (C=O) groups is 2. The van der Waals surface area contributed by atoms with Crippen LogP contribution in [0.3, 0.4) is 0 Å². The Labute approximate surface area is 97.6 Å². The number of hydrogen-bond donors (Lipinski definition) is 0. The van der Waals surface area contributed by atoms with Crippen molar-refractivity contribution in [2.24, 2.45) is 0 Å². The molecule has 0 bridgehead atoms. The molecule has 0 aromatic rings. The summed E-state index contributed by atoms with van der Waals surface area (Å²) in [6, 6.07) is 0. The topological polar surface area (TPSA) is 40.6 Å². The summed E-state index contributed by atoms with van der Waals surface area (Å²) in [6.07, 6.45) is 3.66. The zero-order valence-electron chi connectivity index (χ0n) is 10.4. The predicted octanol–water partition coefficient (Wildman–Crippen LogP) is 1.26. The Kier molecular flexibility index (Phi) is 5.29. The molecule has 1 fully saturated rings. The molecule has 1 heterocycles. The number of nitrogens with zero attached hydrogens (tertiary/aromatic N) is 2. The largest absolute Gasteiger partial charge is 0.343 e. The molecule has 0 spiro atoms. The van der Waals surface area contributed by atoms with E-state index in [0.717, 1.165) is 38.9 Å². The van der Waals surface area contributed by atoms with Crippen LogP contribution in [0.4, 0.5) is 0 Å². The molecule has 0 N–H and O–H groups in total. The maximum atomic E-state index is 11.8. The van der Waals surface area contributed by atoms with Crippen LogP contribution in [0.2, 0.25) is 0 Å². The third kappa shape index (κ3) is 3.83. The Morgan fingerprint density at radius 1 is 1.19 bits per heavy atom. The van der Waals surface area contributed by atoms with E-state index in [9.17, 15) is 9.59 Å². The predicted molar refractivity (Wildman–Crippen MR) is 63.0 cm³/mol. The van der Waals surface area contributed by atoms with E-state index >= 15 is 0 Å². The first kappa shape index (κ1) is 13.0. The van der Waals surface area contributed by atoms with E-state index in [1.807, 2.05) is 11.8 Å². The van der Waals surface area contributed by atoms with Crippen molar-refractivity contribution in [1.29, 1.82) is 0 Å². The fraction of sp³-hybridized carbons (Fsp3) is 0.833. The van der Waals surface area contributed by atoms with Crippen molar-refractivity contribution in [3.63, 3.8) is 0 Å². The van der Waals surface area contributed by atoms with Crippen molar-refractivity contribution in [3.8, 4) is 0 Å². The van der Waals surface area contributed by atoms with Crippen molar-refractivity contribution < 1.29 is 9.59 Å². The quantitative estimate of drug-likeness (QED) is 0.708. The van der Waals surface area contributed by atoms with Crippen LogP contribution in [0.1, 0.15) is 39.5 Å². The first-order valence-electron chi connectivity index (χ1n) is 6.18. The normalized spacial score (nSPS) is 15.2. The first-order chi connectivity index (χ1) is 7.65. The fourth-order valence-corrected chi connectivity index (χ4v) is 2.05. The van der Waals surface area contributed by atoms with E-state index in [1.54, 1.807) is 11.8 Å². The van der Waals surface area contributed by atoms with Gasteiger partial charge >= 0.3 is 0 Å². The van der Waals surface area contributed by atoms with Gasteiger partial charge in [-0.2, -0.15) is 0 Å². The molecular formula is C12H22N2O2. The van der Waals surface area contributed by atoms with Crippen molar-refractivity contribution >= 4 is 11.8 Å². The van der Waals surface area contributed by atoms with Gasteiger partial charge in [-0.25, -0.2) is 0 Å². The van der Waals surface area contributed by atoms with Crippen LogP contribution < -0.4 is 0 Å². The summed E-state index contributed by atoms with van der Waals surface area (Å²) in [6.45, 7) is 6.72. The first-order valence-corrected chi connectivity index (χ1v) is 6.18. The maximum absolute atomic E-state index is 11.8. The van der Waals surface area contributed by atoms with E-state index in [-0.39, 0.29) is 11.8 Å². The van der Waals surface area contributed by atoms with Gasteiger partial charge in [-0.15, -0.1) is 0 Å². The molecule has 2 amide bonds. The minimum atomic E-state index is 0.0658. The highest BCUT2D eigenvalue weighted by Crippen LogP contribution is 2.09. The van der Waals surface area contributed by atoms with Crippen LogP contribution in [-0.4, -0.2) is 47.8 Å². The Bertz CT molecular complexity index is 247. The molecule has 0 unspecified atom stereocenters. The van der Waals surface area contributed by atoms with E-state index < -0.39 is 0 Å². The molecule has 0 radical (unpaired) electrons. The van der Waals surface area contributed by atoms with Gasteiger partial charge < -0.3 is 9.80 Å². The molecule has 0 aromatic carbocycles. The molecule has 92 valence electrons. The van der Waals surface area contributed by atoms with Crippen molar-refractivity contribution in [3.05, 3.63) is 0 Å². The Morgan fingerprint density at radius 3 is 2.31 bits per heavy atom. The summed E-state index contributed by atoms with van der Waals surface area (Å²) in [5.74, 6) is 0.260. The average Bonchev–Trinajstić information content (AvgIpc) is 2.76. The second-order valence-corrected chi connectivity index (χ2v) is 4.34. The Balaban J connectivity index is 2.30. The van der Waals surface area contributed by atoms with E-state index in [1.165, 1.54) is 0 Å². The van der Waals surface area contributed by atoms with Crippen LogP contribution in [0, 0.1) is 0 Å². The molecule has 4 heteroatoms. The smallest absolute Gasteiger partial charge is 0.224 e. The highest BCUT2D eigenvalue weighted by molar-refractivity contribution is 5.78. The third-order valence-electron chi connectivity index (χ3n) is 2.99. The summed E-state index contributed by atoms with van der Waals surface area (Å²) >= 11 is 0. The van der Waals surface area contributed by atoms with Gasteiger partial charge in [0.15, 0.2) is 0 Å². The van der Waals surface area contributed by atoms with Crippen LogP contribution in [0.15, 0.2) is 0 Å². The zero-order chi connectivity index (χ0) is 12.0. The summed E-state index contributed by atoms with van der Waals surface area (Å²) < 4.78 is 0. The van der Waals surface area contributed by atoms with E-state index in [2.05, 4.69) is 0 Å². The van der Waals surface area contributed by atoms with Gasteiger partial charge in [0, 0.05) is 39.5 Å². The lowest BCUT2D eigenvalue weighted by Crippen LogP contribution is -2.35. The number of hydrogen-bond acceptors (Lipinski definition) is 2. The highest BCUT2D eigenvalue weighted by atomic mass is 16.2. The number of amides is 2. The molecule has 0 aromatic heterocycles. The maximum Gasteiger partial charge on any atom is 0.224 e. The Hall–Kier alpha value is -1.06. The van der Waals surface area contributed by atoms with E-state index in [4.69, 9.17) is 0 Å². The average molecular weight is 226 g/mol. The van der Waals surface area contributed by atoms with Crippen LogP contribution >= 0.6 is 0 Å². The summed E-state index contributed by atoms with van der Waals surface area (Å²) in [7, 11) is 0. The monoisotopic (exact) mass is 226 g/mol. The lowest BCUT2D eigenvalue weighted by molar-refractivity contribution is -0.132. The van der Waals surface area contributed by atoms with Crippen molar-refractivity contribution in [2.75, 3.05) is 26.2 Å². The molecule has 1 saturated heterocycles. The van der Waals surface area contributed by atoms with Crippen molar-refractivity contribution in [2.45, 2.75) is 39.5 Å². The van der Waals surface area contributed by atoms with Gasteiger partial charge in [-0.1, -0.05) is 6.92 Å². The molecule has 1 aliphatic heterocycles. The number of carbonyl (C=O) groups excluding carboxylic acids is 2. The standard InChI is InChI=1S/C12H22N2O2/c1-3-7-13(11(2)15)10-6-12(16)14-8-4-5-9-14/h3-10H2,1-2H3. The summed E-state index contributed by atoms with van der Waals surface area (Å²) in [4.78, 5) is 26.7. The molecule has 1 rings (SSSR count). The second kappa shape index (κ2) is 6.51. The van der Waals surface area contributed by atoms with Gasteiger partial charge in [0.2, 0.25) is 11.8 Å². The lowest BCUT2D eigenvalue weighted by atomic mass is 10.3. The summed E-state index contributed by atoms with van der Waals surface area (Å²) in [5.41, 5.74) is 0. The number of likely N-dealkylation sites (tertiary alicyclic amines) is 1. The molecule has 0 saturated carbocycles. The van der Waals surface area contributed by atoms with Gasteiger partial charge in [-0.05, 0) is 19.3 Å². The SMILES string of the molecule is CCCN(CCC(=O)N1CCCC1)C(C)=O. The van der Waals surface area contributed by atoms with Gasteiger partial charge in [-0.3, -0.25) is 9.59 Å². The fourth-order valence-electron chi connectivity index (χ4n) is 2.05. The minimum absolute atomic E-state index is 0.0658. The molecule has 4 nitrogen and oxygen atoms in total. The molecule has 0 atom stereocenters. The van der Waals surface area contributed by atoms with Crippen LogP contribution in [-0.2, 0) is 9.59 Å². The van der Waals surface area contributed by atoms with Crippen LogP contribution in [0.5, 0.6) is 0 Å². The van der Waals surface area contributed by atoms with Gasteiger partial charge in [0.05, 0.1) is 0 Å². The second-order valence-electron chi connectivity index (χ2n) is 4.34. The molecule has 0 aliphatic carbocycles. The molecule has 1 aliphatic rings. The lowest BCUT2D eigenvalue weighted by Gasteiger charge is -2.22. The van der Waals surface area contributed by atoms with Crippen LogP contribution in [0.25, 0.3) is 0 Å².